The predicted octanol–water partition coefficient (Wildman–Crippen LogP) is 3.41. The van der Waals surface area contributed by atoms with Gasteiger partial charge in [0.05, 0.1) is 30.5 Å². The number of carbonyl (C=O) groups is 2. The molecule has 24 heavy (non-hydrogen) atoms. The second kappa shape index (κ2) is 8.49. The summed E-state index contributed by atoms with van der Waals surface area (Å²) in [4.78, 5) is 23.7. The number of nitrogens with one attached hydrogen (secondary N) is 1. The van der Waals surface area contributed by atoms with Gasteiger partial charge in [0.2, 0.25) is 0 Å². The summed E-state index contributed by atoms with van der Waals surface area (Å²) < 4.78 is 48.2. The lowest BCUT2D eigenvalue weighted by molar-refractivity contribution is -0.137. The van der Waals surface area contributed by atoms with Gasteiger partial charge in [-0.3, -0.25) is 4.79 Å². The average molecular weight is 345 g/mol. The number of alkyl halides is 3. The first-order valence-electron chi connectivity index (χ1n) is 7.03. The molecule has 0 heterocycles. The number of ether oxygens (including phenoxy) is 2. The first kappa shape index (κ1) is 19.7. The van der Waals surface area contributed by atoms with Crippen molar-refractivity contribution in [3.05, 3.63) is 42.0 Å². The van der Waals surface area contributed by atoms with E-state index in [1.54, 1.807) is 6.08 Å². The summed E-state index contributed by atoms with van der Waals surface area (Å²) in [5, 5.41) is 2.27. The second-order valence-corrected chi connectivity index (χ2v) is 4.83. The number of hydrogen-bond acceptors (Lipinski definition) is 4. The van der Waals surface area contributed by atoms with Crippen molar-refractivity contribution in [1.82, 2.24) is 0 Å². The molecule has 0 spiro atoms. The Kier molecular flexibility index (Phi) is 6.97. The van der Waals surface area contributed by atoms with Crippen LogP contribution < -0.4 is 5.32 Å². The van der Waals surface area contributed by atoms with Crippen molar-refractivity contribution in [2.24, 2.45) is 0 Å². The lowest BCUT2D eigenvalue weighted by Crippen LogP contribution is -2.29. The van der Waals surface area contributed by atoms with Gasteiger partial charge in [0.1, 0.15) is 6.10 Å². The van der Waals surface area contributed by atoms with Crippen LogP contribution in [0.25, 0.3) is 0 Å². The van der Waals surface area contributed by atoms with E-state index in [0.29, 0.717) is 12.5 Å². The highest BCUT2D eigenvalue weighted by atomic mass is 19.4. The zero-order valence-electron chi connectivity index (χ0n) is 13.3. The number of hydrogen-bond donors (Lipinski definition) is 1. The zero-order chi connectivity index (χ0) is 18.3. The molecule has 5 nitrogen and oxygen atoms in total. The molecule has 0 fully saturated rings. The molecule has 0 aliphatic carbocycles. The molecular weight excluding hydrogens is 327 g/mol. The Labute approximate surface area is 137 Å². The van der Waals surface area contributed by atoms with Gasteiger partial charge in [-0.15, -0.1) is 6.58 Å². The molecule has 8 heteroatoms. The Morgan fingerprint density at radius 3 is 2.58 bits per heavy atom. The van der Waals surface area contributed by atoms with E-state index in [-0.39, 0.29) is 17.9 Å². The largest absolute Gasteiger partial charge is 0.465 e. The van der Waals surface area contributed by atoms with Crippen molar-refractivity contribution in [3.8, 4) is 0 Å². The summed E-state index contributed by atoms with van der Waals surface area (Å²) >= 11 is 0. The SMILES string of the molecule is C=CCCOC(C)C(=O)Nc1cc(C(F)(F)F)ccc1C(=O)OC. The number of benzene rings is 1. The van der Waals surface area contributed by atoms with Crippen LogP contribution >= 0.6 is 0 Å². The molecule has 1 aromatic carbocycles. The van der Waals surface area contributed by atoms with Crippen molar-refractivity contribution in [2.75, 3.05) is 19.0 Å². The summed E-state index contributed by atoms with van der Waals surface area (Å²) in [5.41, 5.74) is -1.47. The van der Waals surface area contributed by atoms with Crippen LogP contribution in [-0.2, 0) is 20.4 Å². The second-order valence-electron chi connectivity index (χ2n) is 4.83. The molecule has 0 saturated carbocycles. The van der Waals surface area contributed by atoms with Crippen LogP contribution in [0.15, 0.2) is 30.9 Å². The highest BCUT2D eigenvalue weighted by molar-refractivity contribution is 6.02. The van der Waals surface area contributed by atoms with Crippen LogP contribution in [0.5, 0.6) is 0 Å². The lowest BCUT2D eigenvalue weighted by Gasteiger charge is -2.16. The fourth-order valence-electron chi connectivity index (χ4n) is 1.75. The van der Waals surface area contributed by atoms with E-state index in [2.05, 4.69) is 16.6 Å². The summed E-state index contributed by atoms with van der Waals surface area (Å²) in [6.45, 7) is 5.19. The van der Waals surface area contributed by atoms with E-state index in [9.17, 15) is 22.8 Å². The molecule has 0 radical (unpaired) electrons. The molecule has 0 aliphatic heterocycles. The van der Waals surface area contributed by atoms with Crippen LogP contribution in [0.3, 0.4) is 0 Å². The molecule has 1 atom stereocenters. The van der Waals surface area contributed by atoms with E-state index in [0.717, 1.165) is 19.2 Å². The van der Waals surface area contributed by atoms with Crippen molar-refractivity contribution in [1.29, 1.82) is 0 Å². The van der Waals surface area contributed by atoms with Gasteiger partial charge in [-0.05, 0) is 31.5 Å². The molecule has 0 saturated heterocycles. The number of amides is 1. The molecule has 0 aliphatic rings. The number of anilines is 1. The third-order valence-corrected chi connectivity index (χ3v) is 3.07. The Bertz CT molecular complexity index is 614. The third-order valence-electron chi connectivity index (χ3n) is 3.07. The first-order valence-corrected chi connectivity index (χ1v) is 7.03. The number of methoxy groups -OCH3 is 1. The van der Waals surface area contributed by atoms with Crippen LogP contribution in [0, 0.1) is 0 Å². The highest BCUT2D eigenvalue weighted by Gasteiger charge is 2.32. The Balaban J connectivity index is 3.03. The topological polar surface area (TPSA) is 64.6 Å². The lowest BCUT2D eigenvalue weighted by atomic mass is 10.1. The number of esters is 1. The number of rotatable bonds is 7. The molecule has 1 amide bonds. The molecule has 0 bridgehead atoms. The summed E-state index contributed by atoms with van der Waals surface area (Å²) in [6.07, 6.45) is -3.40. The maximum absolute atomic E-state index is 12.8. The standard InChI is InChI=1S/C16H18F3NO4/c1-4-5-8-24-10(2)14(21)20-13-9-11(16(17,18)19)6-7-12(13)15(22)23-3/h4,6-7,9-10H,1,5,8H2,2-3H3,(H,20,21). The van der Waals surface area contributed by atoms with Crippen LogP contribution in [-0.4, -0.2) is 31.7 Å². The van der Waals surface area contributed by atoms with Gasteiger partial charge in [-0.2, -0.15) is 13.2 Å². The fraction of sp³-hybridized carbons (Fsp3) is 0.375. The minimum atomic E-state index is -4.61. The van der Waals surface area contributed by atoms with E-state index >= 15 is 0 Å². The molecule has 1 N–H and O–H groups in total. The minimum Gasteiger partial charge on any atom is -0.465 e. The third kappa shape index (κ3) is 5.38. The number of halogens is 3. The molecule has 1 aromatic rings. The Morgan fingerprint density at radius 1 is 1.38 bits per heavy atom. The average Bonchev–Trinajstić information content (AvgIpc) is 2.53. The molecule has 132 valence electrons. The monoisotopic (exact) mass is 345 g/mol. The van der Waals surface area contributed by atoms with Crippen molar-refractivity contribution in [3.63, 3.8) is 0 Å². The Hall–Kier alpha value is -2.35. The smallest absolute Gasteiger partial charge is 0.416 e. The van der Waals surface area contributed by atoms with Gasteiger partial charge in [0, 0.05) is 0 Å². The molecule has 0 aromatic heterocycles. The van der Waals surface area contributed by atoms with Gasteiger partial charge in [0.15, 0.2) is 0 Å². The van der Waals surface area contributed by atoms with Gasteiger partial charge < -0.3 is 14.8 Å². The molecular formula is C16H18F3NO4. The van der Waals surface area contributed by atoms with Gasteiger partial charge in [-0.1, -0.05) is 6.08 Å². The quantitative estimate of drug-likeness (QED) is 0.467. The van der Waals surface area contributed by atoms with Crippen LogP contribution in [0.1, 0.15) is 29.3 Å². The van der Waals surface area contributed by atoms with Crippen LogP contribution in [0.4, 0.5) is 18.9 Å². The van der Waals surface area contributed by atoms with E-state index in [1.807, 2.05) is 0 Å². The van der Waals surface area contributed by atoms with Gasteiger partial charge in [-0.25, -0.2) is 4.79 Å². The fourth-order valence-corrected chi connectivity index (χ4v) is 1.75. The van der Waals surface area contributed by atoms with Crippen molar-refractivity contribution in [2.45, 2.75) is 25.6 Å². The maximum atomic E-state index is 12.8. The Morgan fingerprint density at radius 2 is 2.04 bits per heavy atom. The molecule has 1 rings (SSSR count). The van der Waals surface area contributed by atoms with E-state index in [4.69, 9.17) is 4.74 Å². The van der Waals surface area contributed by atoms with Gasteiger partial charge >= 0.3 is 12.1 Å². The normalized spacial score (nSPS) is 12.4. The minimum absolute atomic E-state index is 0.183. The highest BCUT2D eigenvalue weighted by Crippen LogP contribution is 2.32. The summed E-state index contributed by atoms with van der Waals surface area (Å²) in [7, 11) is 1.09. The van der Waals surface area contributed by atoms with Gasteiger partial charge in [0.25, 0.3) is 5.91 Å². The summed E-state index contributed by atoms with van der Waals surface area (Å²) in [6, 6.07) is 2.38. The van der Waals surface area contributed by atoms with E-state index < -0.39 is 29.7 Å². The van der Waals surface area contributed by atoms with Crippen molar-refractivity contribution >= 4 is 17.6 Å². The van der Waals surface area contributed by atoms with Crippen LogP contribution in [0.2, 0.25) is 0 Å². The predicted molar refractivity (Wildman–Crippen MR) is 81.6 cm³/mol. The maximum Gasteiger partial charge on any atom is 0.416 e. The summed E-state index contributed by atoms with van der Waals surface area (Å²) in [5.74, 6) is -1.54. The zero-order valence-corrected chi connectivity index (χ0v) is 13.3. The molecule has 1 unspecified atom stereocenters. The van der Waals surface area contributed by atoms with Crippen molar-refractivity contribution < 1.29 is 32.2 Å². The first-order chi connectivity index (χ1) is 11.2. The number of carbonyl (C=O) groups excluding carboxylic acids is 2. The van der Waals surface area contributed by atoms with E-state index in [1.165, 1.54) is 6.92 Å².